The van der Waals surface area contributed by atoms with E-state index in [1.54, 1.807) is 0 Å². The highest BCUT2D eigenvalue weighted by atomic mass is 16.6. The molecule has 110 valence electrons. The second-order valence-corrected chi connectivity index (χ2v) is 6.10. The Balaban J connectivity index is 1.92. The van der Waals surface area contributed by atoms with Crippen LogP contribution in [0.3, 0.4) is 0 Å². The molecule has 5 heteroatoms. The molecule has 0 aromatic carbocycles. The van der Waals surface area contributed by atoms with Gasteiger partial charge < -0.3 is 19.7 Å². The van der Waals surface area contributed by atoms with Gasteiger partial charge in [-0.05, 0) is 31.8 Å². The highest BCUT2D eigenvalue weighted by molar-refractivity contribution is 5.91. The highest BCUT2D eigenvalue weighted by Crippen LogP contribution is 2.49. The molecule has 2 saturated heterocycles. The van der Waals surface area contributed by atoms with Gasteiger partial charge in [0, 0.05) is 5.57 Å². The topological polar surface area (TPSA) is 79.3 Å². The van der Waals surface area contributed by atoms with Crippen LogP contribution in [0, 0.1) is 5.92 Å². The van der Waals surface area contributed by atoms with Gasteiger partial charge in [0.25, 0.3) is 0 Å². The Bertz CT molecular complexity index is 483. The Hall–Kier alpha value is -1.17. The van der Waals surface area contributed by atoms with Crippen molar-refractivity contribution in [1.82, 2.24) is 0 Å². The Morgan fingerprint density at radius 3 is 3.00 bits per heavy atom. The lowest BCUT2D eigenvalue weighted by molar-refractivity contribution is -0.140. The van der Waals surface area contributed by atoms with Crippen LogP contribution in [0.25, 0.3) is 0 Å². The van der Waals surface area contributed by atoms with E-state index in [4.69, 9.17) is 9.47 Å². The van der Waals surface area contributed by atoms with E-state index >= 15 is 0 Å². The van der Waals surface area contributed by atoms with Gasteiger partial charge in [0.1, 0.15) is 12.2 Å². The van der Waals surface area contributed by atoms with E-state index < -0.39 is 24.1 Å². The van der Waals surface area contributed by atoms with Gasteiger partial charge in [-0.3, -0.25) is 0 Å². The minimum Gasteiger partial charge on any atom is -0.455 e. The van der Waals surface area contributed by atoms with Crippen LogP contribution in [0.1, 0.15) is 26.2 Å². The second-order valence-electron chi connectivity index (χ2n) is 6.10. The molecule has 5 atom stereocenters. The maximum absolute atomic E-state index is 11.7. The third-order valence-electron chi connectivity index (χ3n) is 4.66. The van der Waals surface area contributed by atoms with Gasteiger partial charge in [-0.1, -0.05) is 12.7 Å². The summed E-state index contributed by atoms with van der Waals surface area (Å²) in [5.41, 5.74) is 0.770. The van der Waals surface area contributed by atoms with Crippen molar-refractivity contribution >= 4 is 5.97 Å². The van der Waals surface area contributed by atoms with Crippen LogP contribution in [0.2, 0.25) is 0 Å². The van der Waals surface area contributed by atoms with Crippen molar-refractivity contribution in [3.05, 3.63) is 23.8 Å². The van der Waals surface area contributed by atoms with Crippen molar-refractivity contribution in [1.29, 1.82) is 0 Å². The maximum atomic E-state index is 11.7. The van der Waals surface area contributed by atoms with Crippen molar-refractivity contribution in [3.63, 3.8) is 0 Å². The fourth-order valence-electron chi connectivity index (χ4n) is 3.35. The molecular formula is C15H20O5. The van der Waals surface area contributed by atoms with Gasteiger partial charge in [-0.15, -0.1) is 0 Å². The smallest absolute Gasteiger partial charge is 0.334 e. The third-order valence-corrected chi connectivity index (χ3v) is 4.66. The normalized spacial score (nSPS) is 46.9. The van der Waals surface area contributed by atoms with Crippen LogP contribution in [0.5, 0.6) is 0 Å². The van der Waals surface area contributed by atoms with Gasteiger partial charge in [0.15, 0.2) is 0 Å². The third kappa shape index (κ3) is 2.10. The Morgan fingerprint density at radius 1 is 1.55 bits per heavy atom. The van der Waals surface area contributed by atoms with Crippen LogP contribution >= 0.6 is 0 Å². The summed E-state index contributed by atoms with van der Waals surface area (Å²) in [4.78, 5) is 11.7. The van der Waals surface area contributed by atoms with E-state index in [-0.39, 0.29) is 18.3 Å². The molecule has 1 aliphatic carbocycles. The lowest BCUT2D eigenvalue weighted by Gasteiger charge is -2.24. The van der Waals surface area contributed by atoms with Crippen LogP contribution in [0.15, 0.2) is 23.8 Å². The van der Waals surface area contributed by atoms with Crippen molar-refractivity contribution < 1.29 is 24.5 Å². The van der Waals surface area contributed by atoms with Gasteiger partial charge in [-0.2, -0.15) is 0 Å². The number of aliphatic hydroxyl groups excluding tert-OH is 2. The summed E-state index contributed by atoms with van der Waals surface area (Å²) in [6.07, 6.45) is 2.45. The Kier molecular flexibility index (Phi) is 3.23. The van der Waals surface area contributed by atoms with E-state index in [0.29, 0.717) is 12.0 Å². The van der Waals surface area contributed by atoms with Crippen molar-refractivity contribution in [2.75, 3.05) is 6.61 Å². The second kappa shape index (κ2) is 4.69. The van der Waals surface area contributed by atoms with E-state index in [2.05, 4.69) is 6.58 Å². The van der Waals surface area contributed by atoms with E-state index in [1.807, 2.05) is 13.0 Å². The van der Waals surface area contributed by atoms with Crippen LogP contribution in [-0.2, 0) is 14.3 Å². The molecule has 20 heavy (non-hydrogen) atoms. The summed E-state index contributed by atoms with van der Waals surface area (Å²) in [7, 11) is 0. The first-order valence-electron chi connectivity index (χ1n) is 7.00. The number of aliphatic hydroxyl groups is 2. The molecular weight excluding hydrogens is 260 g/mol. The first-order valence-corrected chi connectivity index (χ1v) is 7.00. The minimum atomic E-state index is -0.788. The predicted molar refractivity (Wildman–Crippen MR) is 70.8 cm³/mol. The van der Waals surface area contributed by atoms with E-state index in [9.17, 15) is 15.0 Å². The zero-order valence-electron chi connectivity index (χ0n) is 11.5. The highest BCUT2D eigenvalue weighted by Gasteiger charge is 2.62. The van der Waals surface area contributed by atoms with E-state index in [1.165, 1.54) is 0 Å². The largest absolute Gasteiger partial charge is 0.455 e. The Labute approximate surface area is 117 Å². The number of ether oxygens (including phenoxy) is 2. The average molecular weight is 280 g/mol. The number of carbonyl (C=O) groups is 1. The monoisotopic (exact) mass is 280 g/mol. The molecule has 3 aliphatic rings. The lowest BCUT2D eigenvalue weighted by Crippen LogP contribution is -2.36. The van der Waals surface area contributed by atoms with E-state index in [0.717, 1.165) is 18.4 Å². The fraction of sp³-hybridized carbons (Fsp3) is 0.667. The van der Waals surface area contributed by atoms with Crippen molar-refractivity contribution in [2.45, 2.75) is 50.1 Å². The number of fused-ring (bicyclic) bond motifs is 3. The first-order chi connectivity index (χ1) is 9.46. The molecule has 0 amide bonds. The number of carbonyl (C=O) groups excluding carboxylic acids is 1. The zero-order valence-corrected chi connectivity index (χ0v) is 11.5. The molecule has 0 bridgehead atoms. The molecule has 2 aliphatic heterocycles. The lowest BCUT2D eigenvalue weighted by atomic mass is 9.82. The molecule has 2 N–H and O–H groups in total. The minimum absolute atomic E-state index is 0.0866. The molecule has 0 saturated carbocycles. The van der Waals surface area contributed by atoms with Gasteiger partial charge >= 0.3 is 5.97 Å². The van der Waals surface area contributed by atoms with Crippen LogP contribution in [0.4, 0.5) is 0 Å². The number of esters is 1. The number of epoxide rings is 1. The SMILES string of the molecule is C=C1C(=O)O[C@H]2[C@H]1[C@H](O)C/C(CO)=C/CC[C@@]1(C)O[C@@H]21. The zero-order chi connectivity index (χ0) is 14.5. The molecule has 2 heterocycles. The summed E-state index contributed by atoms with van der Waals surface area (Å²) in [6.45, 7) is 5.65. The number of hydrogen-bond donors (Lipinski definition) is 2. The number of allylic oxidation sites excluding steroid dienone is 1. The van der Waals surface area contributed by atoms with Crippen molar-refractivity contribution in [3.8, 4) is 0 Å². The average Bonchev–Trinajstić information content (AvgIpc) is 2.98. The molecule has 3 rings (SSSR count). The molecule has 0 radical (unpaired) electrons. The molecule has 5 nitrogen and oxygen atoms in total. The van der Waals surface area contributed by atoms with Crippen LogP contribution < -0.4 is 0 Å². The number of rotatable bonds is 1. The van der Waals surface area contributed by atoms with Crippen LogP contribution in [-0.4, -0.2) is 46.7 Å². The molecule has 0 spiro atoms. The summed E-state index contributed by atoms with van der Waals surface area (Å²) in [5.74, 6) is -0.909. The molecule has 0 aromatic heterocycles. The van der Waals surface area contributed by atoms with Gasteiger partial charge in [-0.25, -0.2) is 4.79 Å². The quantitative estimate of drug-likeness (QED) is 0.320. The van der Waals surface area contributed by atoms with Gasteiger partial charge in [0.05, 0.1) is 24.2 Å². The van der Waals surface area contributed by atoms with Crippen molar-refractivity contribution in [2.24, 2.45) is 5.92 Å². The summed E-state index contributed by atoms with van der Waals surface area (Å²) < 4.78 is 11.1. The summed E-state index contributed by atoms with van der Waals surface area (Å²) in [6, 6.07) is 0. The molecule has 0 unspecified atom stereocenters. The number of hydrogen-bond acceptors (Lipinski definition) is 5. The first kappa shape index (κ1) is 13.8. The summed E-state index contributed by atoms with van der Waals surface area (Å²) in [5, 5.41) is 19.8. The molecule has 2 fully saturated rings. The van der Waals surface area contributed by atoms with Gasteiger partial charge in [0.2, 0.25) is 0 Å². The fourth-order valence-corrected chi connectivity index (χ4v) is 3.35. The maximum Gasteiger partial charge on any atom is 0.334 e. The summed E-state index contributed by atoms with van der Waals surface area (Å²) >= 11 is 0. The molecule has 0 aromatic rings. The standard InChI is InChI=1S/C15H20O5/c1-8-11-10(17)6-9(7-16)4-3-5-15(2)13(20-15)12(11)19-14(8)18/h4,10-13,16-17H,1,3,5-7H2,2H3/b9-4-/t10-,11-,12+,13+,15-/m1/s1. The Morgan fingerprint density at radius 2 is 2.30 bits per heavy atom. The predicted octanol–water partition coefficient (Wildman–Crippen LogP) is 0.705.